The van der Waals surface area contributed by atoms with Gasteiger partial charge in [0, 0.05) is 107 Å². The van der Waals surface area contributed by atoms with Crippen molar-refractivity contribution in [2.24, 2.45) is 0 Å². The van der Waals surface area contributed by atoms with Crippen LogP contribution in [0.5, 0.6) is 0 Å². The molecule has 20 aromatic rings. The van der Waals surface area contributed by atoms with E-state index >= 15 is 0 Å². The highest BCUT2D eigenvalue weighted by atomic mass is 32.1. The van der Waals surface area contributed by atoms with Crippen molar-refractivity contribution in [2.75, 3.05) is 0 Å². The molecular weight excluding hydrogens is 1260 g/mol. The van der Waals surface area contributed by atoms with Crippen molar-refractivity contribution in [1.29, 1.82) is 0 Å². The van der Waals surface area contributed by atoms with Gasteiger partial charge in [0.2, 0.25) is 0 Å². The van der Waals surface area contributed by atoms with Crippen molar-refractivity contribution in [2.45, 2.75) is 0 Å². The molecule has 10 heteroatoms. The summed E-state index contributed by atoms with van der Waals surface area (Å²) in [5.41, 5.74) is 17.3. The molecule has 6 aromatic heterocycles. The Labute approximate surface area is 583 Å². The second-order valence-electron chi connectivity index (χ2n) is 25.0. The third-order valence-electron chi connectivity index (χ3n) is 18.9. The van der Waals surface area contributed by atoms with Gasteiger partial charge in [-0.2, -0.15) is 0 Å². The van der Waals surface area contributed by atoms with Gasteiger partial charge < -0.3 is 9.13 Å². The lowest BCUT2D eigenvalue weighted by Gasteiger charge is -2.12. The minimum Gasteiger partial charge on any atom is -0.309 e. The van der Waals surface area contributed by atoms with Gasteiger partial charge in [-0.1, -0.05) is 231 Å². The number of nitrogens with zero attached hydrogens (tertiary/aromatic N) is 8. The first-order valence-electron chi connectivity index (χ1n) is 33.4. The normalized spacial score (nSPS) is 11.6. The van der Waals surface area contributed by atoms with Crippen LogP contribution in [0.25, 0.3) is 186 Å². The number of para-hydroxylation sites is 2. The lowest BCUT2D eigenvalue weighted by atomic mass is 10.0. The maximum atomic E-state index is 5.00. The summed E-state index contributed by atoms with van der Waals surface area (Å²) in [6, 6.07) is 120. The number of fused-ring (bicyclic) bond motifs is 12. The monoisotopic (exact) mass is 1310 g/mol. The van der Waals surface area contributed by atoms with Crippen LogP contribution in [0.2, 0.25) is 0 Å². The van der Waals surface area contributed by atoms with Gasteiger partial charge in [0.1, 0.15) is 0 Å². The van der Waals surface area contributed by atoms with Gasteiger partial charge >= 0.3 is 0 Å². The Morgan fingerprint density at radius 3 is 0.880 bits per heavy atom. The maximum absolute atomic E-state index is 5.00. The van der Waals surface area contributed by atoms with Gasteiger partial charge in [0.25, 0.3) is 0 Å². The predicted molar refractivity (Wildman–Crippen MR) is 418 cm³/mol. The van der Waals surface area contributed by atoms with Crippen LogP contribution in [0.4, 0.5) is 0 Å². The van der Waals surface area contributed by atoms with Crippen LogP contribution >= 0.6 is 22.7 Å². The second kappa shape index (κ2) is 24.7. The molecule has 0 spiro atoms. The highest BCUT2D eigenvalue weighted by Crippen LogP contribution is 2.42. The fourth-order valence-electron chi connectivity index (χ4n) is 14.1. The Balaban J connectivity index is 0.000000139. The topological polar surface area (TPSA) is 87.2 Å². The summed E-state index contributed by atoms with van der Waals surface area (Å²) >= 11 is 3.71. The highest BCUT2D eigenvalue weighted by Gasteiger charge is 2.20. The van der Waals surface area contributed by atoms with E-state index in [-0.39, 0.29) is 0 Å². The highest BCUT2D eigenvalue weighted by molar-refractivity contribution is 7.26. The largest absolute Gasteiger partial charge is 0.309 e. The van der Waals surface area contributed by atoms with Gasteiger partial charge in [0.05, 0.1) is 22.1 Å². The minimum absolute atomic E-state index is 0.638. The average molecular weight is 1310 g/mol. The molecule has 0 fully saturated rings. The minimum atomic E-state index is 0.638. The van der Waals surface area contributed by atoms with Gasteiger partial charge in [-0.05, 0) is 131 Å². The van der Waals surface area contributed by atoms with Crippen LogP contribution in [-0.4, -0.2) is 39.0 Å². The zero-order valence-corrected chi connectivity index (χ0v) is 55.4. The summed E-state index contributed by atoms with van der Waals surface area (Å²) in [5.74, 6) is 3.90. The zero-order valence-electron chi connectivity index (χ0n) is 53.7. The third kappa shape index (κ3) is 10.5. The molecule has 468 valence electrons. The van der Waals surface area contributed by atoms with E-state index in [1.807, 2.05) is 144 Å². The molecule has 0 atom stereocenters. The first-order valence-corrected chi connectivity index (χ1v) is 35.0. The van der Waals surface area contributed by atoms with Crippen molar-refractivity contribution in [3.05, 3.63) is 340 Å². The van der Waals surface area contributed by atoms with E-state index in [1.54, 1.807) is 0 Å². The Hall–Kier alpha value is -12.9. The van der Waals surface area contributed by atoms with E-state index < -0.39 is 0 Å². The number of aromatic nitrogens is 8. The van der Waals surface area contributed by atoms with Crippen molar-refractivity contribution in [1.82, 2.24) is 39.0 Å². The summed E-state index contributed by atoms with van der Waals surface area (Å²) in [6.45, 7) is 0. The van der Waals surface area contributed by atoms with E-state index in [1.165, 1.54) is 95.2 Å². The smallest absolute Gasteiger partial charge is 0.164 e. The third-order valence-corrected chi connectivity index (χ3v) is 21.2. The molecule has 0 unspecified atom stereocenters. The van der Waals surface area contributed by atoms with Crippen LogP contribution in [0.15, 0.2) is 340 Å². The average Bonchev–Trinajstić information content (AvgIpc) is 1.55. The van der Waals surface area contributed by atoms with E-state index in [9.17, 15) is 0 Å². The predicted octanol–water partition coefficient (Wildman–Crippen LogP) is 24.0. The maximum Gasteiger partial charge on any atom is 0.164 e. The molecule has 0 amide bonds. The molecule has 100 heavy (non-hydrogen) atoms. The molecule has 0 radical (unpaired) electrons. The standard InChI is InChI=1S/2C45H28N4S/c1-3-12-29(13-4-1)43-46-44(30-14-5-2-6-15-30)48-45(47-43)33-16-11-17-34(26-33)49-39-20-9-7-18-35(39)37-27-31(22-24-40(37)49)32-23-25-42-38(28-32)36-19-8-10-21-41(36)50-42;1-3-11-29(12-4-1)43-46-44(30-13-5-2-6-14-30)48-45(47-43)31-19-23-34(24-20-31)49-39-17-9-7-15-35(39)37-27-32(21-25-40(37)49)33-22-26-42-38(28-33)36-16-8-10-18-41(36)50-42/h2*1-28H. The first-order chi connectivity index (χ1) is 49.5. The Morgan fingerprint density at radius 1 is 0.170 bits per heavy atom. The molecule has 0 aliphatic rings. The van der Waals surface area contributed by atoms with Gasteiger partial charge in [-0.3, -0.25) is 0 Å². The molecule has 8 nitrogen and oxygen atoms in total. The fourth-order valence-corrected chi connectivity index (χ4v) is 16.3. The molecule has 0 bridgehead atoms. The van der Waals surface area contributed by atoms with E-state index in [0.717, 1.165) is 55.8 Å². The van der Waals surface area contributed by atoms with Crippen LogP contribution < -0.4 is 0 Å². The van der Waals surface area contributed by atoms with Crippen LogP contribution in [0.3, 0.4) is 0 Å². The van der Waals surface area contributed by atoms with Gasteiger partial charge in [-0.15, -0.1) is 22.7 Å². The lowest BCUT2D eigenvalue weighted by molar-refractivity contribution is 1.07. The van der Waals surface area contributed by atoms with E-state index in [0.29, 0.717) is 34.9 Å². The summed E-state index contributed by atoms with van der Waals surface area (Å²) in [4.78, 5) is 29.6. The zero-order chi connectivity index (χ0) is 66.0. The van der Waals surface area contributed by atoms with Crippen LogP contribution in [0.1, 0.15) is 0 Å². The number of hydrogen-bond donors (Lipinski definition) is 0. The van der Waals surface area contributed by atoms with Crippen LogP contribution in [-0.2, 0) is 0 Å². The Kier molecular flexibility index (Phi) is 14.4. The fraction of sp³-hybridized carbons (Fsp3) is 0. The Morgan fingerprint density at radius 2 is 0.460 bits per heavy atom. The molecule has 0 saturated heterocycles. The molecular formula is C90H56N8S2. The molecule has 0 aliphatic heterocycles. The van der Waals surface area contributed by atoms with E-state index in [2.05, 4.69) is 228 Å². The summed E-state index contributed by atoms with van der Waals surface area (Å²) < 4.78 is 9.99. The molecule has 6 heterocycles. The number of hydrogen-bond acceptors (Lipinski definition) is 8. The van der Waals surface area contributed by atoms with Gasteiger partial charge in [0.15, 0.2) is 34.9 Å². The molecule has 20 rings (SSSR count). The SMILES string of the molecule is c1ccc(-c2nc(-c3ccccc3)nc(-c3ccc(-n4c5ccccc5c5cc(-c6ccc7sc8ccccc8c7c6)ccc54)cc3)n2)cc1.c1ccc(-c2nc(-c3ccccc3)nc(-c3cccc(-n4c5ccccc5c5cc(-c6ccc7sc8ccccc8c7c6)ccc54)c3)n2)cc1. The first kappa shape index (κ1) is 58.5. The van der Waals surface area contributed by atoms with Crippen molar-refractivity contribution in [3.8, 4) is 102 Å². The summed E-state index contributed by atoms with van der Waals surface area (Å²) in [7, 11) is 0. The summed E-state index contributed by atoms with van der Waals surface area (Å²) in [6.07, 6.45) is 0. The molecule has 0 saturated carbocycles. The van der Waals surface area contributed by atoms with E-state index in [4.69, 9.17) is 29.9 Å². The number of rotatable bonds is 10. The quantitative estimate of drug-likeness (QED) is 0.136. The number of benzene rings is 14. The van der Waals surface area contributed by atoms with Crippen molar-refractivity contribution >= 4 is 107 Å². The molecule has 0 N–H and O–H groups in total. The summed E-state index contributed by atoms with van der Waals surface area (Å²) in [5, 5.41) is 10.2. The van der Waals surface area contributed by atoms with Crippen LogP contribution in [0, 0.1) is 0 Å². The van der Waals surface area contributed by atoms with Gasteiger partial charge in [-0.25, -0.2) is 29.9 Å². The van der Waals surface area contributed by atoms with Crippen molar-refractivity contribution in [3.63, 3.8) is 0 Å². The number of thiophene rings is 2. The lowest BCUT2D eigenvalue weighted by Crippen LogP contribution is -2.01. The Bertz CT molecular complexity index is 6400. The van der Waals surface area contributed by atoms with Crippen molar-refractivity contribution < 1.29 is 0 Å². The molecule has 14 aromatic carbocycles. The second-order valence-corrected chi connectivity index (χ2v) is 27.1. The molecule has 0 aliphatic carbocycles.